The molecule has 1 N–H and O–H groups in total. The lowest BCUT2D eigenvalue weighted by Crippen LogP contribution is -2.42. The molecule has 0 saturated carbocycles. The Morgan fingerprint density at radius 1 is 1.47 bits per heavy atom. The molecule has 4 heteroatoms. The number of aliphatic hydroxyl groups excluding tert-OH is 1. The number of rotatable bonds is 5. The van der Waals surface area contributed by atoms with Gasteiger partial charge >= 0.3 is 0 Å². The van der Waals surface area contributed by atoms with E-state index >= 15 is 0 Å². The summed E-state index contributed by atoms with van der Waals surface area (Å²) in [7, 11) is -1.70. The largest absolute Gasteiger partial charge is 0.414 e. The Morgan fingerprint density at radius 2 is 2.00 bits per heavy atom. The molecule has 0 aromatic heterocycles. The maximum absolute atomic E-state index is 9.71. The van der Waals surface area contributed by atoms with Crippen molar-refractivity contribution >= 4 is 8.32 Å². The van der Waals surface area contributed by atoms with Crippen molar-refractivity contribution in [2.24, 2.45) is 0 Å². The molecule has 0 spiro atoms. The third-order valence-corrected chi connectivity index (χ3v) is 7.88. The first-order chi connectivity index (χ1) is 6.72. The highest BCUT2D eigenvalue weighted by Gasteiger charge is 2.37. The molecular weight excluding hydrogens is 208 g/mol. The second-order valence-corrected chi connectivity index (χ2v) is 10.7. The smallest absolute Gasteiger partial charge is 0.192 e. The number of aliphatic hydroxyl groups is 1. The molecule has 0 aromatic rings. The van der Waals surface area contributed by atoms with Crippen LogP contribution >= 0.6 is 0 Å². The van der Waals surface area contributed by atoms with Crippen LogP contribution in [0.2, 0.25) is 18.1 Å². The zero-order valence-corrected chi connectivity index (χ0v) is 11.5. The van der Waals surface area contributed by atoms with Crippen LogP contribution in [0.4, 0.5) is 0 Å². The minimum Gasteiger partial charge on any atom is -0.414 e. The minimum atomic E-state index is -1.70. The quantitative estimate of drug-likeness (QED) is 0.583. The maximum Gasteiger partial charge on any atom is 0.192 e. The van der Waals surface area contributed by atoms with E-state index in [-0.39, 0.29) is 17.2 Å². The van der Waals surface area contributed by atoms with Gasteiger partial charge in [0.05, 0.1) is 25.4 Å². The molecule has 90 valence electrons. The van der Waals surface area contributed by atoms with Gasteiger partial charge < -0.3 is 14.3 Å². The van der Waals surface area contributed by atoms with Gasteiger partial charge in [-0.1, -0.05) is 20.8 Å². The first-order valence-corrected chi connectivity index (χ1v) is 8.57. The van der Waals surface area contributed by atoms with E-state index in [1.807, 2.05) is 0 Å². The van der Waals surface area contributed by atoms with Crippen LogP contribution in [0.1, 0.15) is 27.2 Å². The van der Waals surface area contributed by atoms with Crippen molar-refractivity contribution in [3.63, 3.8) is 0 Å². The van der Waals surface area contributed by atoms with Crippen LogP contribution in [0.3, 0.4) is 0 Å². The predicted octanol–water partition coefficient (Wildman–Crippen LogP) is 2.16. The van der Waals surface area contributed by atoms with Crippen LogP contribution in [-0.2, 0) is 9.16 Å². The molecule has 0 aromatic carbocycles. The molecular formula is C11H24O3Si. The summed E-state index contributed by atoms with van der Waals surface area (Å²) in [5.74, 6) is 0. The molecule has 1 aliphatic rings. The average Bonchev–Trinajstić information content (AvgIpc) is 2.83. The molecule has 0 bridgehead atoms. The van der Waals surface area contributed by atoms with Crippen molar-refractivity contribution < 1.29 is 14.3 Å². The molecule has 1 heterocycles. The molecule has 0 aliphatic carbocycles. The van der Waals surface area contributed by atoms with Crippen LogP contribution < -0.4 is 0 Å². The monoisotopic (exact) mass is 232 g/mol. The SMILES string of the molecule is CC(C)(C)[Si](C)(C)OCC(O)CC1CO1. The highest BCUT2D eigenvalue weighted by atomic mass is 28.4. The molecule has 2 atom stereocenters. The third kappa shape index (κ3) is 4.22. The lowest BCUT2D eigenvalue weighted by molar-refractivity contribution is 0.0859. The average molecular weight is 232 g/mol. The molecule has 2 unspecified atom stereocenters. The molecule has 1 saturated heterocycles. The highest BCUT2D eigenvalue weighted by Crippen LogP contribution is 2.36. The van der Waals surface area contributed by atoms with Gasteiger partial charge in [0, 0.05) is 6.42 Å². The maximum atomic E-state index is 9.71. The van der Waals surface area contributed by atoms with E-state index < -0.39 is 8.32 Å². The fourth-order valence-electron chi connectivity index (χ4n) is 1.10. The van der Waals surface area contributed by atoms with Crippen molar-refractivity contribution in [3.05, 3.63) is 0 Å². The van der Waals surface area contributed by atoms with Gasteiger partial charge in [0.25, 0.3) is 0 Å². The van der Waals surface area contributed by atoms with Crippen LogP contribution in [0.25, 0.3) is 0 Å². The molecule has 3 nitrogen and oxygen atoms in total. The second kappa shape index (κ2) is 4.53. The molecule has 0 radical (unpaired) electrons. The topological polar surface area (TPSA) is 42.0 Å². The van der Waals surface area contributed by atoms with Gasteiger partial charge in [-0.05, 0) is 18.1 Å². The van der Waals surface area contributed by atoms with Gasteiger partial charge in [-0.3, -0.25) is 0 Å². The Balaban J connectivity index is 2.27. The van der Waals surface area contributed by atoms with E-state index in [2.05, 4.69) is 33.9 Å². The van der Waals surface area contributed by atoms with Gasteiger partial charge in [0.1, 0.15) is 0 Å². The Hall–Kier alpha value is 0.0969. The van der Waals surface area contributed by atoms with E-state index in [0.29, 0.717) is 13.0 Å². The fraction of sp³-hybridized carbons (Fsp3) is 1.00. The molecule has 1 aliphatic heterocycles. The summed E-state index contributed by atoms with van der Waals surface area (Å²) < 4.78 is 11.0. The zero-order chi connectivity index (χ0) is 11.7. The summed E-state index contributed by atoms with van der Waals surface area (Å²) in [6.07, 6.45) is 0.629. The molecule has 0 amide bonds. The summed E-state index contributed by atoms with van der Waals surface area (Å²) in [4.78, 5) is 0. The zero-order valence-electron chi connectivity index (χ0n) is 10.5. The number of hydrogen-bond acceptors (Lipinski definition) is 3. The third-order valence-electron chi connectivity index (χ3n) is 3.38. The van der Waals surface area contributed by atoms with Crippen molar-refractivity contribution in [1.29, 1.82) is 0 Å². The Labute approximate surface area is 93.9 Å². The lowest BCUT2D eigenvalue weighted by Gasteiger charge is -2.36. The van der Waals surface area contributed by atoms with Crippen molar-refractivity contribution in [2.45, 2.75) is 57.5 Å². The number of ether oxygens (including phenoxy) is 1. The number of epoxide rings is 1. The summed E-state index contributed by atoms with van der Waals surface area (Å²) in [6.45, 7) is 12.3. The molecule has 1 fully saturated rings. The summed E-state index contributed by atoms with van der Waals surface area (Å²) in [6, 6.07) is 0. The van der Waals surface area contributed by atoms with E-state index in [9.17, 15) is 5.11 Å². The van der Waals surface area contributed by atoms with Gasteiger partial charge in [-0.15, -0.1) is 0 Å². The van der Waals surface area contributed by atoms with Crippen LogP contribution in [0.15, 0.2) is 0 Å². The molecule has 1 rings (SSSR count). The van der Waals surface area contributed by atoms with Gasteiger partial charge in [0.2, 0.25) is 0 Å². The first kappa shape index (κ1) is 13.2. The minimum absolute atomic E-state index is 0.211. The van der Waals surface area contributed by atoms with Gasteiger partial charge in [-0.2, -0.15) is 0 Å². The predicted molar refractivity (Wildman–Crippen MR) is 63.5 cm³/mol. The van der Waals surface area contributed by atoms with Crippen LogP contribution in [0.5, 0.6) is 0 Å². The van der Waals surface area contributed by atoms with Crippen molar-refractivity contribution in [3.8, 4) is 0 Å². The van der Waals surface area contributed by atoms with E-state index in [1.54, 1.807) is 0 Å². The fourth-order valence-corrected chi connectivity index (χ4v) is 2.14. The summed E-state index contributed by atoms with van der Waals surface area (Å²) >= 11 is 0. The van der Waals surface area contributed by atoms with Crippen LogP contribution in [-0.4, -0.2) is 38.8 Å². The van der Waals surface area contributed by atoms with Gasteiger partial charge in [0.15, 0.2) is 8.32 Å². The Morgan fingerprint density at radius 3 is 2.40 bits per heavy atom. The summed E-state index contributed by atoms with van der Waals surface area (Å²) in [5, 5.41) is 9.92. The second-order valence-electron chi connectivity index (χ2n) is 5.92. The van der Waals surface area contributed by atoms with E-state index in [1.165, 1.54) is 0 Å². The van der Waals surface area contributed by atoms with E-state index in [0.717, 1.165) is 6.61 Å². The highest BCUT2D eigenvalue weighted by molar-refractivity contribution is 6.74. The van der Waals surface area contributed by atoms with Crippen LogP contribution in [0, 0.1) is 0 Å². The molecule has 15 heavy (non-hydrogen) atoms. The van der Waals surface area contributed by atoms with Crippen molar-refractivity contribution in [1.82, 2.24) is 0 Å². The van der Waals surface area contributed by atoms with Gasteiger partial charge in [-0.25, -0.2) is 0 Å². The standard InChI is InChI=1S/C11H24O3Si/c1-11(2,3)15(4,5)14-7-9(12)6-10-8-13-10/h9-10,12H,6-8H2,1-5H3. The Kier molecular flexibility index (Phi) is 3.98. The number of hydrogen-bond donors (Lipinski definition) is 1. The van der Waals surface area contributed by atoms with Crippen molar-refractivity contribution in [2.75, 3.05) is 13.2 Å². The lowest BCUT2D eigenvalue weighted by atomic mass is 10.2. The Bertz CT molecular complexity index is 206. The summed E-state index contributed by atoms with van der Waals surface area (Å²) in [5.41, 5.74) is 0. The van der Waals surface area contributed by atoms with E-state index in [4.69, 9.17) is 9.16 Å². The normalized spacial score (nSPS) is 24.0. The first-order valence-electron chi connectivity index (χ1n) is 5.66.